The first-order valence-electron chi connectivity index (χ1n) is 11.7. The molecule has 0 saturated carbocycles. The molecule has 0 aliphatic carbocycles. The number of fused-ring (bicyclic) bond motifs is 1. The molecule has 0 spiro atoms. The van der Waals surface area contributed by atoms with E-state index in [-0.39, 0.29) is 24.7 Å². The number of pyridine rings is 2. The Balaban J connectivity index is 1.57. The van der Waals surface area contributed by atoms with Gasteiger partial charge in [-0.1, -0.05) is 12.1 Å². The van der Waals surface area contributed by atoms with Crippen molar-refractivity contribution in [1.29, 1.82) is 5.26 Å². The summed E-state index contributed by atoms with van der Waals surface area (Å²) >= 11 is 0. The third kappa shape index (κ3) is 5.33. The van der Waals surface area contributed by atoms with Crippen LogP contribution in [0.25, 0.3) is 10.9 Å². The Morgan fingerprint density at radius 1 is 1.14 bits per heavy atom. The molecule has 0 saturated heterocycles. The summed E-state index contributed by atoms with van der Waals surface area (Å²) in [6.45, 7) is 4.18. The number of benzene rings is 2. The van der Waals surface area contributed by atoms with Crippen molar-refractivity contribution < 1.29 is 13.6 Å². The summed E-state index contributed by atoms with van der Waals surface area (Å²) in [6, 6.07) is 14.2. The zero-order valence-corrected chi connectivity index (χ0v) is 20.6. The topological polar surface area (TPSA) is 91.0 Å². The standard InChI is InChI=1S/C28H25F2N5O2/c1-17(2)34(3)26-20(13-31)15-32-25-9-7-18(11-22(25)26)14-33-27(36)21-5-4-10-35(28(21)37)16-19-6-8-23(29)24(30)12-19/h4-12,15,17H,14,16H2,1-3H3,(H,33,36). The normalized spacial score (nSPS) is 10.9. The fourth-order valence-electron chi connectivity index (χ4n) is 4.00. The Bertz CT molecular complexity index is 1590. The van der Waals surface area contributed by atoms with E-state index in [1.165, 1.54) is 22.9 Å². The minimum atomic E-state index is -1.00. The number of nitrogens with zero attached hydrogens (tertiary/aromatic N) is 4. The van der Waals surface area contributed by atoms with Crippen molar-refractivity contribution in [3.8, 4) is 6.07 Å². The molecule has 0 fully saturated rings. The Morgan fingerprint density at radius 3 is 2.59 bits per heavy atom. The van der Waals surface area contributed by atoms with E-state index in [1.807, 2.05) is 44.0 Å². The number of anilines is 1. The molecule has 0 unspecified atom stereocenters. The highest BCUT2D eigenvalue weighted by atomic mass is 19.2. The number of halogens is 2. The van der Waals surface area contributed by atoms with Gasteiger partial charge in [-0.05, 0) is 61.4 Å². The Kier molecular flexibility index (Phi) is 7.30. The molecule has 0 atom stereocenters. The molecule has 0 radical (unpaired) electrons. The van der Waals surface area contributed by atoms with Gasteiger partial charge in [0.25, 0.3) is 11.5 Å². The number of aromatic nitrogens is 2. The second-order valence-corrected chi connectivity index (χ2v) is 8.97. The van der Waals surface area contributed by atoms with E-state index in [1.54, 1.807) is 12.3 Å². The van der Waals surface area contributed by atoms with Crippen LogP contribution in [-0.4, -0.2) is 28.5 Å². The SMILES string of the molecule is CC(C)N(C)c1c(C#N)cnc2ccc(CNC(=O)c3cccn(Cc4ccc(F)c(F)c4)c3=O)cc12. The summed E-state index contributed by atoms with van der Waals surface area (Å²) in [5, 5.41) is 13.2. The lowest BCUT2D eigenvalue weighted by Gasteiger charge is -2.26. The van der Waals surface area contributed by atoms with Gasteiger partial charge in [0, 0.05) is 37.4 Å². The van der Waals surface area contributed by atoms with Crippen LogP contribution in [0, 0.1) is 23.0 Å². The molecule has 1 amide bonds. The summed E-state index contributed by atoms with van der Waals surface area (Å²) in [6.07, 6.45) is 3.04. The zero-order valence-electron chi connectivity index (χ0n) is 20.6. The van der Waals surface area contributed by atoms with Gasteiger partial charge in [0.1, 0.15) is 11.6 Å². The maximum atomic E-state index is 13.6. The molecule has 2 aromatic heterocycles. The molecule has 9 heteroatoms. The van der Waals surface area contributed by atoms with Gasteiger partial charge in [-0.15, -0.1) is 0 Å². The van der Waals surface area contributed by atoms with Crippen LogP contribution in [-0.2, 0) is 13.1 Å². The van der Waals surface area contributed by atoms with Crippen molar-refractivity contribution in [1.82, 2.24) is 14.9 Å². The van der Waals surface area contributed by atoms with Crippen LogP contribution in [0.5, 0.6) is 0 Å². The van der Waals surface area contributed by atoms with Crippen molar-refractivity contribution >= 4 is 22.5 Å². The van der Waals surface area contributed by atoms with Crippen LogP contribution in [0.15, 0.2) is 65.7 Å². The van der Waals surface area contributed by atoms with E-state index in [9.17, 15) is 23.6 Å². The molecule has 7 nitrogen and oxygen atoms in total. The van der Waals surface area contributed by atoms with Gasteiger partial charge in [0.15, 0.2) is 11.6 Å². The van der Waals surface area contributed by atoms with Gasteiger partial charge in [0.2, 0.25) is 0 Å². The molecule has 0 aliphatic rings. The summed E-state index contributed by atoms with van der Waals surface area (Å²) in [5.41, 5.74) is 2.48. The highest BCUT2D eigenvalue weighted by Crippen LogP contribution is 2.30. The number of carbonyl (C=O) groups is 1. The number of rotatable bonds is 7. The van der Waals surface area contributed by atoms with E-state index in [0.717, 1.165) is 34.3 Å². The van der Waals surface area contributed by atoms with Crippen LogP contribution in [0.1, 0.15) is 40.9 Å². The Labute approximate surface area is 212 Å². The minimum absolute atomic E-state index is 0.0117. The first kappa shape index (κ1) is 25.5. The number of amides is 1. The molecule has 2 aromatic carbocycles. The van der Waals surface area contributed by atoms with Crippen LogP contribution in [0.4, 0.5) is 14.5 Å². The second-order valence-electron chi connectivity index (χ2n) is 8.97. The molecule has 188 valence electrons. The smallest absolute Gasteiger partial charge is 0.263 e. The largest absolute Gasteiger partial charge is 0.371 e. The quantitative estimate of drug-likeness (QED) is 0.406. The number of nitrogens with one attached hydrogen (secondary N) is 1. The van der Waals surface area contributed by atoms with Gasteiger partial charge in [-0.3, -0.25) is 14.6 Å². The van der Waals surface area contributed by atoms with Crippen LogP contribution in [0.3, 0.4) is 0 Å². The van der Waals surface area contributed by atoms with Crippen molar-refractivity contribution in [2.75, 3.05) is 11.9 Å². The zero-order chi connectivity index (χ0) is 26.7. The highest BCUT2D eigenvalue weighted by Gasteiger charge is 2.17. The Morgan fingerprint density at radius 2 is 1.89 bits per heavy atom. The first-order valence-corrected chi connectivity index (χ1v) is 11.7. The Hall–Kier alpha value is -4.58. The fourth-order valence-corrected chi connectivity index (χ4v) is 4.00. The van der Waals surface area contributed by atoms with Crippen molar-refractivity contribution in [3.05, 3.63) is 105 Å². The molecular formula is C28H25F2N5O2. The van der Waals surface area contributed by atoms with Crippen LogP contribution < -0.4 is 15.8 Å². The highest BCUT2D eigenvalue weighted by molar-refractivity contribution is 5.96. The van der Waals surface area contributed by atoms with Crippen LogP contribution >= 0.6 is 0 Å². The molecular weight excluding hydrogens is 476 g/mol. The molecule has 0 aliphatic heterocycles. The van der Waals surface area contributed by atoms with E-state index in [4.69, 9.17) is 0 Å². The average Bonchev–Trinajstić information content (AvgIpc) is 2.89. The fraction of sp³-hybridized carbons (Fsp3) is 0.214. The number of carbonyl (C=O) groups excluding carboxylic acids is 1. The van der Waals surface area contributed by atoms with Gasteiger partial charge in [-0.2, -0.15) is 5.26 Å². The van der Waals surface area contributed by atoms with Crippen LogP contribution in [0.2, 0.25) is 0 Å². The van der Waals surface area contributed by atoms with Gasteiger partial charge < -0.3 is 14.8 Å². The predicted molar refractivity (Wildman–Crippen MR) is 137 cm³/mol. The van der Waals surface area contributed by atoms with Gasteiger partial charge in [-0.25, -0.2) is 8.78 Å². The monoisotopic (exact) mass is 501 g/mol. The van der Waals surface area contributed by atoms with Gasteiger partial charge >= 0.3 is 0 Å². The number of hydrogen-bond acceptors (Lipinski definition) is 5. The van der Waals surface area contributed by atoms with Crippen molar-refractivity contribution in [3.63, 3.8) is 0 Å². The second kappa shape index (κ2) is 10.6. The maximum absolute atomic E-state index is 13.6. The number of hydrogen-bond donors (Lipinski definition) is 1. The minimum Gasteiger partial charge on any atom is -0.371 e. The summed E-state index contributed by atoms with van der Waals surface area (Å²) < 4.78 is 28.0. The maximum Gasteiger partial charge on any atom is 0.263 e. The lowest BCUT2D eigenvalue weighted by Crippen LogP contribution is -2.32. The van der Waals surface area contributed by atoms with E-state index in [0.29, 0.717) is 11.1 Å². The summed E-state index contributed by atoms with van der Waals surface area (Å²) in [4.78, 5) is 32.2. The van der Waals surface area contributed by atoms with E-state index >= 15 is 0 Å². The summed E-state index contributed by atoms with van der Waals surface area (Å²) in [7, 11) is 1.91. The third-order valence-corrected chi connectivity index (χ3v) is 6.21. The molecule has 0 bridgehead atoms. The summed E-state index contributed by atoms with van der Waals surface area (Å²) in [5.74, 6) is -2.54. The average molecular weight is 502 g/mol. The van der Waals surface area contributed by atoms with Crippen molar-refractivity contribution in [2.45, 2.75) is 33.0 Å². The first-order chi connectivity index (χ1) is 17.7. The van der Waals surface area contributed by atoms with E-state index < -0.39 is 23.1 Å². The van der Waals surface area contributed by atoms with Gasteiger partial charge in [0.05, 0.1) is 23.3 Å². The number of nitriles is 1. The molecule has 4 rings (SSSR count). The third-order valence-electron chi connectivity index (χ3n) is 6.21. The van der Waals surface area contributed by atoms with E-state index in [2.05, 4.69) is 16.4 Å². The lowest BCUT2D eigenvalue weighted by molar-refractivity contribution is 0.0949. The molecule has 4 aromatic rings. The molecule has 2 heterocycles. The lowest BCUT2D eigenvalue weighted by atomic mass is 10.0. The molecule has 1 N–H and O–H groups in total. The molecule has 37 heavy (non-hydrogen) atoms. The van der Waals surface area contributed by atoms with Crippen molar-refractivity contribution in [2.24, 2.45) is 0 Å². The predicted octanol–water partition coefficient (Wildman–Crippen LogP) is 4.37.